The first-order valence-electron chi connectivity index (χ1n) is 7.47. The number of methoxy groups -OCH3 is 1. The van der Waals surface area contributed by atoms with Gasteiger partial charge in [-0.15, -0.1) is 10.2 Å². The largest absolute Gasteiger partial charge is 0.497 e. The summed E-state index contributed by atoms with van der Waals surface area (Å²) in [6.07, 6.45) is 0. The third-order valence-electron chi connectivity index (χ3n) is 3.51. The van der Waals surface area contributed by atoms with Gasteiger partial charge in [0.15, 0.2) is 0 Å². The Morgan fingerprint density at radius 1 is 1.17 bits per heavy atom. The number of rotatable bonds is 5. The van der Waals surface area contributed by atoms with Crippen LogP contribution in [0.1, 0.15) is 21.8 Å². The van der Waals surface area contributed by atoms with E-state index >= 15 is 0 Å². The van der Waals surface area contributed by atoms with E-state index in [-0.39, 0.29) is 11.8 Å². The lowest BCUT2D eigenvalue weighted by atomic mass is 10.1. The average molecular weight is 323 g/mol. The molecule has 0 bridgehead atoms. The van der Waals surface area contributed by atoms with Gasteiger partial charge in [-0.3, -0.25) is 4.79 Å². The minimum atomic E-state index is -0.405. The van der Waals surface area contributed by atoms with Gasteiger partial charge in [0, 0.05) is 12.1 Å². The van der Waals surface area contributed by atoms with Gasteiger partial charge in [-0.2, -0.15) is 0 Å². The van der Waals surface area contributed by atoms with Crippen molar-refractivity contribution in [3.05, 3.63) is 65.5 Å². The molecule has 0 saturated carbocycles. The Labute approximate surface area is 139 Å². The zero-order valence-corrected chi connectivity index (χ0v) is 13.4. The quantitative estimate of drug-likeness (QED) is 0.781. The first-order chi connectivity index (χ1) is 11.7. The number of amides is 1. The lowest BCUT2D eigenvalue weighted by Crippen LogP contribution is -2.23. The number of hydrogen-bond acceptors (Lipinski definition) is 5. The molecule has 3 rings (SSSR count). The van der Waals surface area contributed by atoms with Crippen LogP contribution in [0.2, 0.25) is 0 Å². The maximum atomic E-state index is 12.1. The van der Waals surface area contributed by atoms with Crippen LogP contribution < -0.4 is 10.1 Å². The van der Waals surface area contributed by atoms with Crippen molar-refractivity contribution >= 4 is 5.91 Å². The fraction of sp³-hybridized carbons (Fsp3) is 0.167. The van der Waals surface area contributed by atoms with Gasteiger partial charge in [0.25, 0.3) is 0 Å². The molecular weight excluding hydrogens is 306 g/mol. The Kier molecular flexibility index (Phi) is 4.56. The predicted molar refractivity (Wildman–Crippen MR) is 88.6 cm³/mol. The summed E-state index contributed by atoms with van der Waals surface area (Å²) in [5.74, 6) is 0.475. The molecule has 6 heteroatoms. The molecule has 0 radical (unpaired) electrons. The minimum Gasteiger partial charge on any atom is -0.497 e. The van der Waals surface area contributed by atoms with Gasteiger partial charge in [0.05, 0.1) is 7.11 Å². The van der Waals surface area contributed by atoms with Gasteiger partial charge in [-0.25, -0.2) is 0 Å². The van der Waals surface area contributed by atoms with Crippen molar-refractivity contribution in [1.29, 1.82) is 0 Å². The number of carbonyl (C=O) groups is 1. The zero-order valence-electron chi connectivity index (χ0n) is 13.4. The molecule has 1 aromatic heterocycles. The van der Waals surface area contributed by atoms with Gasteiger partial charge in [-0.05, 0) is 30.7 Å². The second-order valence-corrected chi connectivity index (χ2v) is 5.31. The summed E-state index contributed by atoms with van der Waals surface area (Å²) in [6.45, 7) is 2.41. The second kappa shape index (κ2) is 6.95. The number of benzene rings is 2. The Morgan fingerprint density at radius 2 is 1.96 bits per heavy atom. The third-order valence-corrected chi connectivity index (χ3v) is 3.51. The molecule has 24 heavy (non-hydrogen) atoms. The van der Waals surface area contributed by atoms with Gasteiger partial charge in [-0.1, -0.05) is 35.9 Å². The van der Waals surface area contributed by atoms with Crippen molar-refractivity contribution in [3.8, 4) is 17.2 Å². The lowest BCUT2D eigenvalue weighted by molar-refractivity contribution is 0.0917. The number of nitrogens with zero attached hydrogens (tertiary/aromatic N) is 2. The van der Waals surface area contributed by atoms with E-state index in [9.17, 15) is 4.79 Å². The molecule has 1 amide bonds. The van der Waals surface area contributed by atoms with Gasteiger partial charge in [0.2, 0.25) is 5.89 Å². The van der Waals surface area contributed by atoms with E-state index in [1.54, 1.807) is 13.2 Å². The minimum absolute atomic E-state index is 0.0695. The first kappa shape index (κ1) is 15.7. The lowest BCUT2D eigenvalue weighted by Gasteiger charge is -2.03. The monoisotopic (exact) mass is 323 g/mol. The predicted octanol–water partition coefficient (Wildman–Crippen LogP) is 2.98. The molecule has 1 heterocycles. The van der Waals surface area contributed by atoms with Gasteiger partial charge < -0.3 is 14.5 Å². The molecular formula is C18H17N3O3. The number of hydrogen-bond donors (Lipinski definition) is 1. The molecule has 0 aliphatic heterocycles. The molecule has 0 saturated heterocycles. The van der Waals surface area contributed by atoms with Crippen LogP contribution in [0.25, 0.3) is 11.5 Å². The van der Waals surface area contributed by atoms with Crippen LogP contribution >= 0.6 is 0 Å². The van der Waals surface area contributed by atoms with E-state index in [0.717, 1.165) is 5.56 Å². The van der Waals surface area contributed by atoms with Crippen LogP contribution in [0.3, 0.4) is 0 Å². The molecule has 0 spiro atoms. The molecule has 0 unspecified atom stereocenters. The number of carbonyl (C=O) groups excluding carboxylic acids is 1. The molecule has 0 atom stereocenters. The fourth-order valence-electron chi connectivity index (χ4n) is 2.15. The van der Waals surface area contributed by atoms with E-state index in [1.807, 2.05) is 49.4 Å². The Bertz CT molecular complexity index is 841. The molecule has 3 aromatic rings. The van der Waals surface area contributed by atoms with Crippen LogP contribution in [-0.2, 0) is 6.54 Å². The van der Waals surface area contributed by atoms with Crippen LogP contribution in [0.4, 0.5) is 0 Å². The Morgan fingerprint density at radius 3 is 2.71 bits per heavy atom. The molecule has 0 aliphatic carbocycles. The van der Waals surface area contributed by atoms with E-state index in [2.05, 4.69) is 15.5 Å². The van der Waals surface area contributed by atoms with Crippen molar-refractivity contribution in [1.82, 2.24) is 15.5 Å². The molecule has 0 aliphatic rings. The van der Waals surface area contributed by atoms with Crippen molar-refractivity contribution < 1.29 is 13.9 Å². The van der Waals surface area contributed by atoms with Crippen molar-refractivity contribution in [2.45, 2.75) is 13.5 Å². The highest BCUT2D eigenvalue weighted by Crippen LogP contribution is 2.22. The highest BCUT2D eigenvalue weighted by molar-refractivity contribution is 5.89. The summed E-state index contributed by atoms with van der Waals surface area (Å²) in [5.41, 5.74) is 2.87. The number of aryl methyl sites for hydroxylation is 1. The van der Waals surface area contributed by atoms with Crippen LogP contribution in [0, 0.1) is 6.92 Å². The zero-order chi connectivity index (χ0) is 16.9. The maximum Gasteiger partial charge on any atom is 0.309 e. The van der Waals surface area contributed by atoms with E-state index in [0.29, 0.717) is 17.9 Å². The Hall–Kier alpha value is -3.15. The van der Waals surface area contributed by atoms with E-state index in [4.69, 9.17) is 9.15 Å². The summed E-state index contributed by atoms with van der Waals surface area (Å²) >= 11 is 0. The average Bonchev–Trinajstić information content (AvgIpc) is 3.11. The molecule has 2 aromatic carbocycles. The second-order valence-electron chi connectivity index (χ2n) is 5.31. The van der Waals surface area contributed by atoms with Crippen LogP contribution in [0.5, 0.6) is 5.75 Å². The standard InChI is InChI=1S/C18H17N3O3/c1-12-6-8-13(9-7-12)11-19-16(22)18-21-20-17(24-18)14-4-3-5-15(10-14)23-2/h3-10H,11H2,1-2H3,(H,19,22). The van der Waals surface area contributed by atoms with E-state index < -0.39 is 5.91 Å². The van der Waals surface area contributed by atoms with Gasteiger partial charge >= 0.3 is 11.8 Å². The summed E-state index contributed by atoms with van der Waals surface area (Å²) in [6, 6.07) is 15.1. The summed E-state index contributed by atoms with van der Waals surface area (Å²) in [5, 5.41) is 10.5. The van der Waals surface area contributed by atoms with Crippen molar-refractivity contribution in [3.63, 3.8) is 0 Å². The highest BCUT2D eigenvalue weighted by Gasteiger charge is 2.15. The highest BCUT2D eigenvalue weighted by atomic mass is 16.5. The molecule has 6 nitrogen and oxygen atoms in total. The summed E-state index contributed by atoms with van der Waals surface area (Å²) < 4.78 is 10.6. The molecule has 122 valence electrons. The van der Waals surface area contributed by atoms with E-state index in [1.165, 1.54) is 5.56 Å². The number of aromatic nitrogens is 2. The molecule has 1 N–H and O–H groups in total. The smallest absolute Gasteiger partial charge is 0.309 e. The van der Waals surface area contributed by atoms with Crippen LogP contribution in [0.15, 0.2) is 52.9 Å². The summed E-state index contributed by atoms with van der Waals surface area (Å²) in [7, 11) is 1.58. The number of nitrogens with one attached hydrogen (secondary N) is 1. The van der Waals surface area contributed by atoms with Crippen LogP contribution in [-0.4, -0.2) is 23.2 Å². The SMILES string of the molecule is COc1cccc(-c2nnc(C(=O)NCc3ccc(C)cc3)o2)c1. The van der Waals surface area contributed by atoms with Crippen molar-refractivity contribution in [2.24, 2.45) is 0 Å². The van der Waals surface area contributed by atoms with Gasteiger partial charge in [0.1, 0.15) is 5.75 Å². The first-order valence-corrected chi connectivity index (χ1v) is 7.47. The fourth-order valence-corrected chi connectivity index (χ4v) is 2.15. The summed E-state index contributed by atoms with van der Waals surface area (Å²) in [4.78, 5) is 12.1. The topological polar surface area (TPSA) is 77.2 Å². The number of ether oxygens (including phenoxy) is 1. The van der Waals surface area contributed by atoms with Crippen molar-refractivity contribution in [2.75, 3.05) is 7.11 Å². The molecule has 0 fully saturated rings. The Balaban J connectivity index is 1.68. The maximum absolute atomic E-state index is 12.1. The normalized spacial score (nSPS) is 10.4. The third kappa shape index (κ3) is 3.60.